The maximum atomic E-state index is 12.5. The third-order valence-corrected chi connectivity index (χ3v) is 4.05. The van der Waals surface area contributed by atoms with Crippen LogP contribution < -0.4 is 5.73 Å². The SMILES string of the molecule is Cc1nn(C(=O)Cc2ccc3cc[nH]c3c2)c(C)c1CCN. The molecule has 0 aliphatic rings. The minimum atomic E-state index is -0.0187. The number of nitrogens with one attached hydrogen (secondary N) is 1. The number of aromatic nitrogens is 3. The maximum absolute atomic E-state index is 12.5. The van der Waals surface area contributed by atoms with E-state index in [2.05, 4.69) is 10.1 Å². The molecule has 0 aliphatic heterocycles. The van der Waals surface area contributed by atoms with Crippen LogP contribution in [0.5, 0.6) is 0 Å². The summed E-state index contributed by atoms with van der Waals surface area (Å²) in [5.74, 6) is -0.0187. The van der Waals surface area contributed by atoms with Crippen molar-refractivity contribution in [3.63, 3.8) is 0 Å². The second kappa shape index (κ2) is 5.77. The van der Waals surface area contributed by atoms with Crippen molar-refractivity contribution >= 4 is 16.8 Å². The molecule has 0 bridgehead atoms. The van der Waals surface area contributed by atoms with Crippen LogP contribution in [0.1, 0.15) is 27.3 Å². The summed E-state index contributed by atoms with van der Waals surface area (Å²) in [5.41, 5.74) is 10.5. The summed E-state index contributed by atoms with van der Waals surface area (Å²) < 4.78 is 1.51. The second-order valence-corrected chi connectivity index (χ2v) is 5.57. The molecule has 0 spiro atoms. The van der Waals surface area contributed by atoms with Crippen LogP contribution in [0.25, 0.3) is 10.9 Å². The van der Waals surface area contributed by atoms with Crippen molar-refractivity contribution in [2.45, 2.75) is 26.7 Å². The van der Waals surface area contributed by atoms with Crippen molar-refractivity contribution in [1.29, 1.82) is 0 Å². The first-order valence-electron chi connectivity index (χ1n) is 7.44. The lowest BCUT2D eigenvalue weighted by atomic mass is 10.1. The van der Waals surface area contributed by atoms with Gasteiger partial charge < -0.3 is 10.7 Å². The molecule has 3 rings (SSSR count). The van der Waals surface area contributed by atoms with Crippen molar-refractivity contribution in [2.24, 2.45) is 5.73 Å². The van der Waals surface area contributed by atoms with Gasteiger partial charge in [0.1, 0.15) is 0 Å². The highest BCUT2D eigenvalue weighted by Gasteiger charge is 2.16. The monoisotopic (exact) mass is 296 g/mol. The Morgan fingerprint density at radius 1 is 1.32 bits per heavy atom. The van der Waals surface area contributed by atoms with Crippen molar-refractivity contribution in [3.05, 3.63) is 53.0 Å². The van der Waals surface area contributed by atoms with Crippen molar-refractivity contribution in [1.82, 2.24) is 14.8 Å². The lowest BCUT2D eigenvalue weighted by Gasteiger charge is -2.05. The Labute approximate surface area is 129 Å². The van der Waals surface area contributed by atoms with Crippen LogP contribution in [0, 0.1) is 13.8 Å². The molecule has 0 atom stereocenters. The molecule has 1 aromatic carbocycles. The van der Waals surface area contributed by atoms with Gasteiger partial charge in [-0.05, 0) is 55.5 Å². The van der Waals surface area contributed by atoms with Gasteiger partial charge in [-0.25, -0.2) is 4.68 Å². The first-order chi connectivity index (χ1) is 10.6. The lowest BCUT2D eigenvalue weighted by molar-refractivity contribution is 0.0895. The van der Waals surface area contributed by atoms with Gasteiger partial charge in [-0.3, -0.25) is 4.79 Å². The quantitative estimate of drug-likeness (QED) is 0.776. The Hall–Kier alpha value is -2.40. The normalized spacial score (nSPS) is 11.2. The standard InChI is InChI=1S/C17H20N4O/c1-11-15(5-7-18)12(2)21(20-11)17(22)10-13-3-4-14-6-8-19-16(14)9-13/h3-4,6,8-9,19H,5,7,10,18H2,1-2H3. The molecule has 0 fully saturated rings. The van der Waals surface area contributed by atoms with E-state index < -0.39 is 0 Å². The molecule has 2 aromatic heterocycles. The zero-order chi connectivity index (χ0) is 15.7. The van der Waals surface area contributed by atoms with E-state index in [1.165, 1.54) is 4.68 Å². The van der Waals surface area contributed by atoms with Gasteiger partial charge in [0.25, 0.3) is 5.91 Å². The van der Waals surface area contributed by atoms with Crippen LogP contribution in [0.4, 0.5) is 0 Å². The summed E-state index contributed by atoms with van der Waals surface area (Å²) in [6, 6.07) is 8.04. The van der Waals surface area contributed by atoms with Crippen molar-refractivity contribution in [2.75, 3.05) is 6.54 Å². The molecule has 0 saturated carbocycles. The summed E-state index contributed by atoms with van der Waals surface area (Å²) in [7, 11) is 0. The highest BCUT2D eigenvalue weighted by Crippen LogP contribution is 2.17. The van der Waals surface area contributed by atoms with E-state index in [9.17, 15) is 4.79 Å². The lowest BCUT2D eigenvalue weighted by Crippen LogP contribution is -2.17. The molecule has 0 radical (unpaired) electrons. The number of aryl methyl sites for hydroxylation is 1. The molecule has 3 N–H and O–H groups in total. The molecule has 114 valence electrons. The van der Waals surface area contributed by atoms with Crippen LogP contribution in [0.3, 0.4) is 0 Å². The van der Waals surface area contributed by atoms with Gasteiger partial charge in [0.05, 0.1) is 12.1 Å². The predicted molar refractivity (Wildman–Crippen MR) is 87.1 cm³/mol. The Morgan fingerprint density at radius 2 is 2.14 bits per heavy atom. The van der Waals surface area contributed by atoms with E-state index in [1.807, 2.05) is 44.3 Å². The molecule has 5 nitrogen and oxygen atoms in total. The number of nitrogens with two attached hydrogens (primary N) is 1. The van der Waals surface area contributed by atoms with Gasteiger partial charge >= 0.3 is 0 Å². The molecule has 2 heterocycles. The molecule has 0 saturated heterocycles. The molecule has 0 unspecified atom stereocenters. The van der Waals surface area contributed by atoms with Crippen LogP contribution >= 0.6 is 0 Å². The maximum Gasteiger partial charge on any atom is 0.251 e. The fourth-order valence-electron chi connectivity index (χ4n) is 2.88. The Kier molecular flexibility index (Phi) is 3.81. The second-order valence-electron chi connectivity index (χ2n) is 5.57. The number of hydrogen-bond donors (Lipinski definition) is 2. The van der Waals surface area contributed by atoms with Crippen LogP contribution in [0.2, 0.25) is 0 Å². The number of aromatic amines is 1. The third kappa shape index (κ3) is 2.55. The number of carbonyl (C=O) groups is 1. The molecular formula is C17H20N4O. The fraction of sp³-hybridized carbons (Fsp3) is 0.294. The van der Waals surface area contributed by atoms with Gasteiger partial charge in [0, 0.05) is 17.4 Å². The molecule has 0 aliphatic carbocycles. The number of hydrogen-bond acceptors (Lipinski definition) is 3. The minimum absolute atomic E-state index is 0.0187. The zero-order valence-electron chi connectivity index (χ0n) is 12.9. The summed E-state index contributed by atoms with van der Waals surface area (Å²) in [5, 5.41) is 5.53. The van der Waals surface area contributed by atoms with Crippen LogP contribution in [-0.2, 0) is 12.8 Å². The smallest absolute Gasteiger partial charge is 0.251 e. The first-order valence-corrected chi connectivity index (χ1v) is 7.44. The molecule has 22 heavy (non-hydrogen) atoms. The van der Waals surface area contributed by atoms with Gasteiger partial charge in [-0.15, -0.1) is 0 Å². The molecule has 5 heteroatoms. The molecule has 3 aromatic rings. The number of fused-ring (bicyclic) bond motifs is 1. The fourth-order valence-corrected chi connectivity index (χ4v) is 2.88. The number of nitrogens with zero attached hydrogens (tertiary/aromatic N) is 2. The number of H-pyrrole nitrogens is 1. The van der Waals surface area contributed by atoms with Gasteiger partial charge in [0.15, 0.2) is 0 Å². The Morgan fingerprint density at radius 3 is 2.91 bits per heavy atom. The summed E-state index contributed by atoms with van der Waals surface area (Å²) in [6.07, 6.45) is 2.98. The molecule has 0 amide bonds. The highest BCUT2D eigenvalue weighted by atomic mass is 16.2. The van der Waals surface area contributed by atoms with Crippen molar-refractivity contribution < 1.29 is 4.79 Å². The Bertz CT molecular complexity index is 828. The zero-order valence-corrected chi connectivity index (χ0v) is 12.9. The van der Waals surface area contributed by atoms with E-state index >= 15 is 0 Å². The van der Waals surface area contributed by atoms with Crippen LogP contribution in [0.15, 0.2) is 30.5 Å². The summed E-state index contributed by atoms with van der Waals surface area (Å²) in [4.78, 5) is 15.7. The van der Waals surface area contributed by atoms with E-state index in [0.29, 0.717) is 13.0 Å². The first kappa shape index (κ1) is 14.5. The molecular weight excluding hydrogens is 276 g/mol. The summed E-state index contributed by atoms with van der Waals surface area (Å²) >= 11 is 0. The topological polar surface area (TPSA) is 76.7 Å². The van der Waals surface area contributed by atoms with E-state index in [0.717, 1.165) is 39.8 Å². The highest BCUT2D eigenvalue weighted by molar-refractivity contribution is 5.84. The van der Waals surface area contributed by atoms with Gasteiger partial charge in [-0.2, -0.15) is 5.10 Å². The van der Waals surface area contributed by atoms with E-state index in [-0.39, 0.29) is 5.91 Å². The predicted octanol–water partition coefficient (Wildman–Crippen LogP) is 2.37. The largest absolute Gasteiger partial charge is 0.361 e. The van der Waals surface area contributed by atoms with Gasteiger partial charge in [-0.1, -0.05) is 12.1 Å². The van der Waals surface area contributed by atoms with E-state index in [4.69, 9.17) is 5.73 Å². The Balaban J connectivity index is 1.86. The minimum Gasteiger partial charge on any atom is -0.361 e. The average Bonchev–Trinajstić information content (AvgIpc) is 3.06. The van der Waals surface area contributed by atoms with Crippen LogP contribution in [-0.4, -0.2) is 27.2 Å². The number of carbonyl (C=O) groups excluding carboxylic acids is 1. The number of benzene rings is 1. The van der Waals surface area contributed by atoms with Gasteiger partial charge in [0.2, 0.25) is 0 Å². The number of rotatable bonds is 4. The third-order valence-electron chi connectivity index (χ3n) is 4.05. The average molecular weight is 296 g/mol. The summed E-state index contributed by atoms with van der Waals surface area (Å²) in [6.45, 7) is 4.41. The van der Waals surface area contributed by atoms with Crippen molar-refractivity contribution in [3.8, 4) is 0 Å². The van der Waals surface area contributed by atoms with E-state index in [1.54, 1.807) is 0 Å².